The van der Waals surface area contributed by atoms with Crippen molar-refractivity contribution in [2.24, 2.45) is 5.73 Å². The molecule has 1 heterocycles. The number of aromatic nitrogens is 1. The molecule has 3 rings (SSSR count). The van der Waals surface area contributed by atoms with Gasteiger partial charge in [0.2, 0.25) is 5.91 Å². The van der Waals surface area contributed by atoms with Crippen LogP contribution in [0.5, 0.6) is 5.75 Å². The van der Waals surface area contributed by atoms with Gasteiger partial charge in [0.25, 0.3) is 10.0 Å². The highest BCUT2D eigenvalue weighted by molar-refractivity contribution is 9.10. The maximum atomic E-state index is 12.7. The zero-order valence-electron chi connectivity index (χ0n) is 13.6. The smallest absolute Gasteiger partial charge is 0.265 e. The van der Waals surface area contributed by atoms with E-state index in [0.717, 1.165) is 0 Å². The van der Waals surface area contributed by atoms with E-state index in [9.17, 15) is 13.2 Å². The van der Waals surface area contributed by atoms with Crippen LogP contribution in [0.2, 0.25) is 0 Å². The van der Waals surface area contributed by atoms with E-state index in [2.05, 4.69) is 25.6 Å². The molecule has 3 N–H and O–H groups in total. The number of sulfonamides is 1. The van der Waals surface area contributed by atoms with Crippen molar-refractivity contribution < 1.29 is 17.9 Å². The van der Waals surface area contributed by atoms with E-state index >= 15 is 0 Å². The summed E-state index contributed by atoms with van der Waals surface area (Å²) in [6.07, 6.45) is 1.40. The fraction of sp³-hybridized carbons (Fsp3) is 0.0588. The highest BCUT2D eigenvalue weighted by Crippen LogP contribution is 2.29. The van der Waals surface area contributed by atoms with Gasteiger partial charge in [-0.05, 0) is 42.5 Å². The second-order valence-electron chi connectivity index (χ2n) is 5.40. The van der Waals surface area contributed by atoms with Crippen LogP contribution in [0, 0.1) is 0 Å². The lowest BCUT2D eigenvalue weighted by Crippen LogP contribution is -2.14. The Morgan fingerprint density at radius 3 is 2.65 bits per heavy atom. The predicted molar refractivity (Wildman–Crippen MR) is 102 cm³/mol. The van der Waals surface area contributed by atoms with Crippen LogP contribution < -0.4 is 15.2 Å². The molecule has 0 saturated heterocycles. The lowest BCUT2D eigenvalue weighted by molar-refractivity contribution is 0.100. The van der Waals surface area contributed by atoms with Crippen molar-refractivity contribution in [3.63, 3.8) is 0 Å². The molecule has 7 nitrogen and oxygen atoms in total. The number of nitrogens with zero attached hydrogens (tertiary/aromatic N) is 1. The molecule has 3 aromatic rings. The lowest BCUT2D eigenvalue weighted by Gasteiger charge is -2.12. The number of rotatable bonds is 5. The number of primary amides is 1. The molecule has 2 aromatic carbocycles. The number of carbonyl (C=O) groups is 1. The number of benzene rings is 2. The number of nitrogens with two attached hydrogens (primary N) is 1. The number of ether oxygens (including phenoxy) is 1. The van der Waals surface area contributed by atoms with Gasteiger partial charge in [0.05, 0.1) is 24.5 Å². The van der Waals surface area contributed by atoms with Crippen LogP contribution in [0.25, 0.3) is 10.9 Å². The van der Waals surface area contributed by atoms with Gasteiger partial charge in [0, 0.05) is 15.4 Å². The van der Waals surface area contributed by atoms with Crippen molar-refractivity contribution in [3.05, 3.63) is 58.7 Å². The summed E-state index contributed by atoms with van der Waals surface area (Å²) in [5, 5.41) is 0.586. The Balaban J connectivity index is 2.02. The Bertz CT molecular complexity index is 1120. The third-order valence-electron chi connectivity index (χ3n) is 3.63. The summed E-state index contributed by atoms with van der Waals surface area (Å²) < 4.78 is 33.7. The Labute approximate surface area is 158 Å². The summed E-state index contributed by atoms with van der Waals surface area (Å²) in [6, 6.07) is 11.0. The van der Waals surface area contributed by atoms with Crippen molar-refractivity contribution >= 4 is 48.5 Å². The van der Waals surface area contributed by atoms with Crippen LogP contribution in [0.3, 0.4) is 0 Å². The van der Waals surface area contributed by atoms with E-state index in [0.29, 0.717) is 20.9 Å². The maximum Gasteiger partial charge on any atom is 0.265 e. The number of anilines is 1. The molecule has 134 valence electrons. The third kappa shape index (κ3) is 3.63. The number of carbonyl (C=O) groups excluding carboxylic acids is 1. The second-order valence-corrected chi connectivity index (χ2v) is 7.96. The third-order valence-corrected chi connectivity index (χ3v) is 5.53. The zero-order valence-corrected chi connectivity index (χ0v) is 16.0. The molecule has 0 unspecified atom stereocenters. The van der Waals surface area contributed by atoms with E-state index in [4.69, 9.17) is 10.5 Å². The first-order valence-corrected chi connectivity index (χ1v) is 9.64. The molecule has 9 heteroatoms. The summed E-state index contributed by atoms with van der Waals surface area (Å²) >= 11 is 3.25. The van der Waals surface area contributed by atoms with Gasteiger partial charge in [0.1, 0.15) is 10.6 Å². The van der Waals surface area contributed by atoms with Crippen molar-refractivity contribution in [1.29, 1.82) is 0 Å². The first-order valence-electron chi connectivity index (χ1n) is 7.36. The van der Waals surface area contributed by atoms with Crippen molar-refractivity contribution in [2.45, 2.75) is 4.90 Å². The minimum atomic E-state index is -3.91. The number of amides is 1. The molecule has 26 heavy (non-hydrogen) atoms. The molecule has 0 spiro atoms. The van der Waals surface area contributed by atoms with E-state index in [1.807, 2.05) is 0 Å². The van der Waals surface area contributed by atoms with Gasteiger partial charge >= 0.3 is 0 Å². The number of hydrogen-bond donors (Lipinski definition) is 2. The Kier molecular flexibility index (Phi) is 4.84. The zero-order chi connectivity index (χ0) is 18.9. The summed E-state index contributed by atoms with van der Waals surface area (Å²) in [4.78, 5) is 15.5. The van der Waals surface area contributed by atoms with Gasteiger partial charge in [0.15, 0.2) is 0 Å². The van der Waals surface area contributed by atoms with Crippen LogP contribution in [-0.2, 0) is 10.0 Å². The van der Waals surface area contributed by atoms with Gasteiger partial charge in [-0.3, -0.25) is 14.5 Å². The number of nitrogens with one attached hydrogen (secondary N) is 1. The Hall–Kier alpha value is -2.65. The Morgan fingerprint density at radius 1 is 1.19 bits per heavy atom. The molecule has 0 saturated carbocycles. The standard InChI is InChI=1S/C17H14BrN3O4S/c1-25-15-5-3-12(18)8-16(15)26(23,24)21-13-7-11-6-10(17(19)22)2-4-14(11)20-9-13/h2-9,21H,1H3,(H2,19,22). The summed E-state index contributed by atoms with van der Waals surface area (Å²) in [6.45, 7) is 0. The monoisotopic (exact) mass is 435 g/mol. The maximum absolute atomic E-state index is 12.7. The van der Waals surface area contributed by atoms with Crippen LogP contribution in [0.4, 0.5) is 5.69 Å². The summed E-state index contributed by atoms with van der Waals surface area (Å²) in [7, 11) is -2.52. The number of hydrogen-bond acceptors (Lipinski definition) is 5. The summed E-state index contributed by atoms with van der Waals surface area (Å²) in [5.41, 5.74) is 6.45. The topological polar surface area (TPSA) is 111 Å². The highest BCUT2D eigenvalue weighted by Gasteiger charge is 2.20. The molecule has 0 aliphatic carbocycles. The molecule has 0 fully saturated rings. The van der Waals surface area contributed by atoms with Crippen molar-refractivity contribution in [3.8, 4) is 5.75 Å². The SMILES string of the molecule is COc1ccc(Br)cc1S(=O)(=O)Nc1cnc2ccc(C(N)=O)cc2c1. The van der Waals surface area contributed by atoms with Crippen LogP contribution in [0.1, 0.15) is 10.4 Å². The average Bonchev–Trinajstić information content (AvgIpc) is 2.60. The van der Waals surface area contributed by atoms with Crippen LogP contribution in [-0.4, -0.2) is 26.4 Å². The van der Waals surface area contributed by atoms with Gasteiger partial charge in [-0.1, -0.05) is 15.9 Å². The fourth-order valence-electron chi connectivity index (χ4n) is 2.41. The molecule has 0 radical (unpaired) electrons. The average molecular weight is 436 g/mol. The molecule has 1 aromatic heterocycles. The number of fused-ring (bicyclic) bond motifs is 1. The molecular formula is C17H14BrN3O4S. The Morgan fingerprint density at radius 2 is 1.96 bits per heavy atom. The molecular weight excluding hydrogens is 422 g/mol. The molecule has 0 atom stereocenters. The van der Waals surface area contributed by atoms with Gasteiger partial charge in [-0.15, -0.1) is 0 Å². The van der Waals surface area contributed by atoms with Gasteiger partial charge < -0.3 is 10.5 Å². The van der Waals surface area contributed by atoms with E-state index in [-0.39, 0.29) is 16.3 Å². The second kappa shape index (κ2) is 6.93. The fourth-order valence-corrected chi connectivity index (χ4v) is 4.15. The van der Waals surface area contributed by atoms with Crippen LogP contribution >= 0.6 is 15.9 Å². The molecule has 0 aliphatic heterocycles. The molecule has 0 bridgehead atoms. The quantitative estimate of drug-likeness (QED) is 0.639. The highest BCUT2D eigenvalue weighted by atomic mass is 79.9. The lowest BCUT2D eigenvalue weighted by atomic mass is 10.1. The first kappa shape index (κ1) is 18.2. The molecule has 1 amide bonds. The van der Waals surface area contributed by atoms with E-state index < -0.39 is 15.9 Å². The molecule has 0 aliphatic rings. The normalized spacial score (nSPS) is 11.3. The van der Waals surface area contributed by atoms with E-state index in [1.165, 1.54) is 19.4 Å². The van der Waals surface area contributed by atoms with Gasteiger partial charge in [-0.25, -0.2) is 8.42 Å². The first-order chi connectivity index (χ1) is 12.3. The number of halogens is 1. The minimum Gasteiger partial charge on any atom is -0.495 e. The number of pyridine rings is 1. The van der Waals surface area contributed by atoms with Crippen molar-refractivity contribution in [1.82, 2.24) is 4.98 Å². The minimum absolute atomic E-state index is 0.0136. The van der Waals surface area contributed by atoms with Crippen molar-refractivity contribution in [2.75, 3.05) is 11.8 Å². The van der Waals surface area contributed by atoms with E-state index in [1.54, 1.807) is 36.4 Å². The largest absolute Gasteiger partial charge is 0.495 e. The predicted octanol–water partition coefficient (Wildman–Crippen LogP) is 2.91. The van der Waals surface area contributed by atoms with Crippen LogP contribution in [0.15, 0.2) is 58.0 Å². The summed E-state index contributed by atoms with van der Waals surface area (Å²) in [5.74, 6) is -0.359. The van der Waals surface area contributed by atoms with Gasteiger partial charge in [-0.2, -0.15) is 0 Å². The number of methoxy groups -OCH3 is 1.